The zero-order chi connectivity index (χ0) is 12.8. The highest BCUT2D eigenvalue weighted by atomic mass is 19.3. The van der Waals surface area contributed by atoms with Crippen molar-refractivity contribution in [3.63, 3.8) is 0 Å². The van der Waals surface area contributed by atoms with E-state index in [1.807, 2.05) is 11.0 Å². The molecule has 1 aromatic rings. The number of nitriles is 1. The predicted molar refractivity (Wildman–Crippen MR) is 65.0 cm³/mol. The van der Waals surface area contributed by atoms with Gasteiger partial charge in [-0.05, 0) is 18.2 Å². The Morgan fingerprint density at radius 3 is 2.83 bits per heavy atom. The van der Waals surface area contributed by atoms with Gasteiger partial charge < -0.3 is 10.2 Å². The van der Waals surface area contributed by atoms with Crippen LogP contribution in [0.4, 0.5) is 20.2 Å². The van der Waals surface area contributed by atoms with E-state index in [-0.39, 0.29) is 18.9 Å². The van der Waals surface area contributed by atoms with E-state index in [2.05, 4.69) is 11.4 Å². The first-order chi connectivity index (χ1) is 8.59. The minimum Gasteiger partial charge on any atom is -0.382 e. The Morgan fingerprint density at radius 1 is 1.39 bits per heavy atom. The van der Waals surface area contributed by atoms with Crippen molar-refractivity contribution in [3.8, 4) is 6.07 Å². The standard InChI is InChI=1S/C13H13F2N3/c14-13(15)6-10(7-13)18-4-3-17-11-2-1-9(8-16)5-12(11)18/h1-2,5,10,17H,3-4,6-7H2. The number of anilines is 2. The summed E-state index contributed by atoms with van der Waals surface area (Å²) in [7, 11) is 0. The van der Waals surface area contributed by atoms with Gasteiger partial charge in [-0.1, -0.05) is 0 Å². The molecule has 1 aromatic carbocycles. The van der Waals surface area contributed by atoms with E-state index in [0.29, 0.717) is 12.1 Å². The Kier molecular flexibility index (Phi) is 2.40. The highest BCUT2D eigenvalue weighted by Gasteiger charge is 2.48. The molecule has 1 heterocycles. The van der Waals surface area contributed by atoms with Crippen molar-refractivity contribution >= 4 is 11.4 Å². The van der Waals surface area contributed by atoms with Gasteiger partial charge in [0.05, 0.1) is 23.0 Å². The first-order valence-corrected chi connectivity index (χ1v) is 6.01. The lowest BCUT2D eigenvalue weighted by Crippen LogP contribution is -2.53. The Bertz CT molecular complexity index is 513. The largest absolute Gasteiger partial charge is 0.382 e. The average molecular weight is 249 g/mol. The monoisotopic (exact) mass is 249 g/mol. The van der Waals surface area contributed by atoms with Crippen LogP contribution in [0.25, 0.3) is 0 Å². The number of hydrogen-bond acceptors (Lipinski definition) is 3. The molecule has 3 rings (SSSR count). The zero-order valence-electron chi connectivity index (χ0n) is 9.79. The zero-order valence-corrected chi connectivity index (χ0v) is 9.79. The SMILES string of the molecule is N#Cc1ccc2c(c1)N(C1CC(F)(F)C1)CCN2. The molecule has 0 radical (unpaired) electrons. The summed E-state index contributed by atoms with van der Waals surface area (Å²) in [6.45, 7) is 1.46. The van der Waals surface area contributed by atoms with E-state index in [1.54, 1.807) is 12.1 Å². The third-order valence-electron chi connectivity index (χ3n) is 3.61. The van der Waals surface area contributed by atoms with Crippen molar-refractivity contribution in [2.24, 2.45) is 0 Å². The van der Waals surface area contributed by atoms with Gasteiger partial charge in [0.15, 0.2) is 0 Å². The summed E-state index contributed by atoms with van der Waals surface area (Å²) in [6, 6.07) is 7.34. The highest BCUT2D eigenvalue weighted by molar-refractivity contribution is 5.74. The summed E-state index contributed by atoms with van der Waals surface area (Å²) in [6.07, 6.45) is -0.160. The average Bonchev–Trinajstić information content (AvgIpc) is 2.34. The fourth-order valence-corrected chi connectivity index (χ4v) is 2.65. The molecule has 1 saturated carbocycles. The molecule has 0 bridgehead atoms. The van der Waals surface area contributed by atoms with E-state index in [1.165, 1.54) is 0 Å². The van der Waals surface area contributed by atoms with Crippen LogP contribution in [-0.2, 0) is 0 Å². The number of nitrogens with one attached hydrogen (secondary N) is 1. The Labute approximate surface area is 104 Å². The predicted octanol–water partition coefficient (Wildman–Crippen LogP) is 2.59. The molecule has 0 aromatic heterocycles. The van der Waals surface area contributed by atoms with Gasteiger partial charge in [-0.15, -0.1) is 0 Å². The minimum atomic E-state index is -2.51. The summed E-state index contributed by atoms with van der Waals surface area (Å²) in [5.74, 6) is -2.51. The molecule has 0 saturated heterocycles. The normalized spacial score (nSPS) is 21.5. The number of hydrogen-bond donors (Lipinski definition) is 1. The molecule has 3 nitrogen and oxygen atoms in total. The first kappa shape index (κ1) is 11.3. The summed E-state index contributed by atoms with van der Waals surface area (Å²) in [5, 5.41) is 12.1. The number of alkyl halides is 2. The summed E-state index contributed by atoms with van der Waals surface area (Å²) >= 11 is 0. The van der Waals surface area contributed by atoms with Crippen molar-refractivity contribution in [2.75, 3.05) is 23.3 Å². The lowest BCUT2D eigenvalue weighted by molar-refractivity contribution is -0.0857. The van der Waals surface area contributed by atoms with Crippen molar-refractivity contribution in [1.82, 2.24) is 0 Å². The Balaban J connectivity index is 1.90. The van der Waals surface area contributed by atoms with Crippen molar-refractivity contribution in [1.29, 1.82) is 5.26 Å². The lowest BCUT2D eigenvalue weighted by Gasteiger charge is -2.46. The fraction of sp³-hybridized carbons (Fsp3) is 0.462. The molecule has 1 N–H and O–H groups in total. The Hall–Kier alpha value is -1.83. The van der Waals surface area contributed by atoms with Crippen LogP contribution in [0.1, 0.15) is 18.4 Å². The molecule has 94 valence electrons. The number of rotatable bonds is 1. The Morgan fingerprint density at radius 2 is 2.17 bits per heavy atom. The van der Waals surface area contributed by atoms with E-state index in [9.17, 15) is 8.78 Å². The second kappa shape index (κ2) is 3.84. The molecule has 1 fully saturated rings. The second-order valence-electron chi connectivity index (χ2n) is 4.88. The molecule has 1 aliphatic heterocycles. The van der Waals surface area contributed by atoms with Crippen LogP contribution in [0.3, 0.4) is 0 Å². The van der Waals surface area contributed by atoms with Crippen LogP contribution < -0.4 is 10.2 Å². The van der Waals surface area contributed by atoms with Gasteiger partial charge in [0.1, 0.15) is 0 Å². The molecular formula is C13H13F2N3. The number of halogens is 2. The fourth-order valence-electron chi connectivity index (χ4n) is 2.65. The number of nitrogens with zero attached hydrogens (tertiary/aromatic N) is 2. The van der Waals surface area contributed by atoms with Crippen LogP contribution in [0, 0.1) is 11.3 Å². The maximum absolute atomic E-state index is 13.0. The summed E-state index contributed by atoms with van der Waals surface area (Å²) in [4.78, 5) is 2.00. The van der Waals surface area contributed by atoms with E-state index >= 15 is 0 Å². The molecule has 18 heavy (non-hydrogen) atoms. The van der Waals surface area contributed by atoms with Crippen LogP contribution >= 0.6 is 0 Å². The molecular weight excluding hydrogens is 236 g/mol. The molecule has 2 aliphatic rings. The summed E-state index contributed by atoms with van der Waals surface area (Å²) < 4.78 is 25.9. The van der Waals surface area contributed by atoms with E-state index in [0.717, 1.165) is 17.9 Å². The number of benzene rings is 1. The van der Waals surface area contributed by atoms with Gasteiger partial charge in [0.2, 0.25) is 0 Å². The third-order valence-corrected chi connectivity index (χ3v) is 3.61. The van der Waals surface area contributed by atoms with E-state index < -0.39 is 5.92 Å². The number of fused-ring (bicyclic) bond motifs is 1. The molecule has 0 unspecified atom stereocenters. The molecule has 0 amide bonds. The van der Waals surface area contributed by atoms with E-state index in [4.69, 9.17) is 5.26 Å². The maximum atomic E-state index is 13.0. The van der Waals surface area contributed by atoms with Crippen molar-refractivity contribution < 1.29 is 8.78 Å². The summed E-state index contributed by atoms with van der Waals surface area (Å²) in [5.41, 5.74) is 2.37. The van der Waals surface area contributed by atoms with Gasteiger partial charge in [-0.3, -0.25) is 0 Å². The van der Waals surface area contributed by atoms with Crippen LogP contribution in [0.5, 0.6) is 0 Å². The third kappa shape index (κ3) is 1.78. The van der Waals surface area contributed by atoms with Crippen molar-refractivity contribution in [2.45, 2.75) is 24.8 Å². The van der Waals surface area contributed by atoms with Crippen LogP contribution in [-0.4, -0.2) is 25.1 Å². The van der Waals surface area contributed by atoms with Gasteiger partial charge in [0, 0.05) is 32.0 Å². The van der Waals surface area contributed by atoms with Gasteiger partial charge in [0.25, 0.3) is 5.92 Å². The van der Waals surface area contributed by atoms with Gasteiger partial charge in [-0.25, -0.2) is 8.78 Å². The maximum Gasteiger partial charge on any atom is 0.252 e. The van der Waals surface area contributed by atoms with Crippen LogP contribution in [0.15, 0.2) is 18.2 Å². The van der Waals surface area contributed by atoms with Crippen LogP contribution in [0.2, 0.25) is 0 Å². The molecule has 0 spiro atoms. The lowest BCUT2D eigenvalue weighted by atomic mass is 9.86. The second-order valence-corrected chi connectivity index (χ2v) is 4.88. The quantitative estimate of drug-likeness (QED) is 0.831. The highest BCUT2D eigenvalue weighted by Crippen LogP contribution is 2.44. The first-order valence-electron chi connectivity index (χ1n) is 6.01. The molecule has 5 heteroatoms. The van der Waals surface area contributed by atoms with Gasteiger partial charge in [-0.2, -0.15) is 5.26 Å². The minimum absolute atomic E-state index is 0.0801. The smallest absolute Gasteiger partial charge is 0.252 e. The van der Waals surface area contributed by atoms with Crippen molar-refractivity contribution in [3.05, 3.63) is 23.8 Å². The molecule has 0 atom stereocenters. The molecule has 1 aliphatic carbocycles. The topological polar surface area (TPSA) is 39.1 Å². The van der Waals surface area contributed by atoms with Gasteiger partial charge >= 0.3 is 0 Å².